The largest absolute Gasteiger partial charge is 0.352 e. The summed E-state index contributed by atoms with van der Waals surface area (Å²) in [5.41, 5.74) is 0.415. The Labute approximate surface area is 137 Å². The van der Waals surface area contributed by atoms with Crippen molar-refractivity contribution in [1.82, 2.24) is 5.32 Å². The molecule has 1 aromatic rings. The normalized spacial score (nSPS) is 14.2. The average Bonchev–Trinajstić information content (AvgIpc) is 2.39. The summed E-state index contributed by atoms with van der Waals surface area (Å²) in [5, 5.41) is 3.35. The molecule has 0 saturated carbocycles. The molecule has 0 spiro atoms. The van der Waals surface area contributed by atoms with Gasteiger partial charge >= 0.3 is 0 Å². The Hall–Kier alpha value is -1.27. The first-order chi connectivity index (χ1) is 10.2. The summed E-state index contributed by atoms with van der Waals surface area (Å²) >= 11 is 5.83. The molecule has 0 aliphatic heterocycles. The van der Waals surface area contributed by atoms with E-state index in [1.54, 1.807) is 31.2 Å². The van der Waals surface area contributed by atoms with Crippen LogP contribution in [0.2, 0.25) is 5.02 Å². The van der Waals surface area contributed by atoms with Crippen molar-refractivity contribution in [1.29, 1.82) is 0 Å². The second-order valence-electron chi connectivity index (χ2n) is 5.41. The first kappa shape index (κ1) is 18.8. The van der Waals surface area contributed by atoms with Crippen LogP contribution in [0.4, 0.5) is 5.69 Å². The van der Waals surface area contributed by atoms with E-state index in [0.29, 0.717) is 10.7 Å². The lowest BCUT2D eigenvalue weighted by Crippen LogP contribution is -2.49. The number of sulfonamides is 1. The van der Waals surface area contributed by atoms with Gasteiger partial charge in [-0.1, -0.05) is 24.9 Å². The Bertz CT molecular complexity index is 602. The van der Waals surface area contributed by atoms with E-state index in [9.17, 15) is 13.2 Å². The minimum atomic E-state index is -3.59. The highest BCUT2D eigenvalue weighted by Crippen LogP contribution is 2.23. The van der Waals surface area contributed by atoms with E-state index in [1.165, 1.54) is 0 Å². The van der Waals surface area contributed by atoms with Gasteiger partial charge in [0.15, 0.2) is 0 Å². The summed E-state index contributed by atoms with van der Waals surface area (Å²) in [4.78, 5) is 12.3. The molecule has 0 fully saturated rings. The van der Waals surface area contributed by atoms with Crippen LogP contribution in [0.3, 0.4) is 0 Å². The Kier molecular flexibility index (Phi) is 6.68. The monoisotopic (exact) mass is 346 g/mol. The third-order valence-electron chi connectivity index (χ3n) is 3.28. The molecule has 1 amide bonds. The topological polar surface area (TPSA) is 66.5 Å². The molecule has 0 saturated heterocycles. The zero-order valence-corrected chi connectivity index (χ0v) is 14.9. The number of nitrogens with one attached hydrogen (secondary N) is 1. The highest BCUT2D eigenvalue weighted by Gasteiger charge is 2.29. The molecule has 22 heavy (non-hydrogen) atoms. The molecule has 0 radical (unpaired) electrons. The lowest BCUT2D eigenvalue weighted by Gasteiger charge is -2.29. The number of hydrogen-bond acceptors (Lipinski definition) is 3. The molecule has 1 aromatic carbocycles. The fourth-order valence-electron chi connectivity index (χ4n) is 2.27. The van der Waals surface area contributed by atoms with Gasteiger partial charge in [0.05, 0.1) is 11.9 Å². The molecule has 0 unspecified atom stereocenters. The number of hydrogen-bond donors (Lipinski definition) is 1. The Morgan fingerprint density at radius 1 is 1.27 bits per heavy atom. The standard InChI is InChI=1S/C15H23ClN2O3S/c1-5-6-11(2)17-15(19)12(3)18(22(4,20)21)14-9-7-13(16)8-10-14/h7-12H,5-6H2,1-4H3,(H,17,19)/t11-,12-/m0/s1. The van der Waals surface area contributed by atoms with Crippen molar-refractivity contribution in [3.63, 3.8) is 0 Å². The van der Waals surface area contributed by atoms with Gasteiger partial charge in [0, 0.05) is 11.1 Å². The Balaban J connectivity index is 3.02. The van der Waals surface area contributed by atoms with Crippen LogP contribution in [0.1, 0.15) is 33.6 Å². The van der Waals surface area contributed by atoms with Crippen molar-refractivity contribution in [3.05, 3.63) is 29.3 Å². The minimum absolute atomic E-state index is 0.00609. The minimum Gasteiger partial charge on any atom is -0.352 e. The van der Waals surface area contributed by atoms with Crippen LogP contribution in [-0.4, -0.2) is 32.7 Å². The van der Waals surface area contributed by atoms with Crippen molar-refractivity contribution < 1.29 is 13.2 Å². The van der Waals surface area contributed by atoms with Crippen molar-refractivity contribution in [2.75, 3.05) is 10.6 Å². The second-order valence-corrected chi connectivity index (χ2v) is 7.71. The lowest BCUT2D eigenvalue weighted by atomic mass is 10.2. The molecule has 0 heterocycles. The molecule has 0 aromatic heterocycles. The molecule has 0 bridgehead atoms. The first-order valence-electron chi connectivity index (χ1n) is 7.22. The van der Waals surface area contributed by atoms with Gasteiger partial charge in [-0.2, -0.15) is 0 Å². The first-order valence-corrected chi connectivity index (χ1v) is 9.44. The highest BCUT2D eigenvalue weighted by atomic mass is 35.5. The summed E-state index contributed by atoms with van der Waals surface area (Å²) in [5.74, 6) is -0.318. The smallest absolute Gasteiger partial charge is 0.243 e. The summed E-state index contributed by atoms with van der Waals surface area (Å²) in [6, 6.07) is 5.53. The van der Waals surface area contributed by atoms with Gasteiger partial charge in [-0.05, 0) is 44.5 Å². The molecular formula is C15H23ClN2O3S. The maximum atomic E-state index is 12.3. The number of carbonyl (C=O) groups excluding carboxylic acids is 1. The highest BCUT2D eigenvalue weighted by molar-refractivity contribution is 7.92. The number of nitrogens with zero attached hydrogens (tertiary/aromatic N) is 1. The number of amides is 1. The van der Waals surface area contributed by atoms with Crippen molar-refractivity contribution in [2.24, 2.45) is 0 Å². The third kappa shape index (κ3) is 5.18. The summed E-state index contributed by atoms with van der Waals surface area (Å²) in [7, 11) is -3.59. The van der Waals surface area contributed by atoms with Crippen molar-refractivity contribution >= 4 is 33.2 Å². The van der Waals surface area contributed by atoms with Crippen LogP contribution < -0.4 is 9.62 Å². The molecule has 2 atom stereocenters. The molecule has 124 valence electrons. The fraction of sp³-hybridized carbons (Fsp3) is 0.533. The number of rotatable bonds is 7. The van der Waals surface area contributed by atoms with Gasteiger partial charge in [0.2, 0.25) is 15.9 Å². The SMILES string of the molecule is CCC[C@H](C)NC(=O)[C@H](C)N(c1ccc(Cl)cc1)S(C)(=O)=O. The third-order valence-corrected chi connectivity index (χ3v) is 4.77. The maximum absolute atomic E-state index is 12.3. The van der Waals surface area contributed by atoms with Gasteiger partial charge in [-0.25, -0.2) is 8.42 Å². The van der Waals surface area contributed by atoms with Crippen LogP contribution in [0.5, 0.6) is 0 Å². The van der Waals surface area contributed by atoms with Crippen LogP contribution in [0.15, 0.2) is 24.3 Å². The summed E-state index contributed by atoms with van der Waals surface area (Å²) in [6.45, 7) is 5.51. The maximum Gasteiger partial charge on any atom is 0.243 e. The number of carbonyl (C=O) groups is 1. The van der Waals surface area contributed by atoms with Gasteiger partial charge in [-0.15, -0.1) is 0 Å². The quantitative estimate of drug-likeness (QED) is 0.825. The molecule has 1 rings (SSSR count). The lowest BCUT2D eigenvalue weighted by molar-refractivity contribution is -0.122. The zero-order chi connectivity index (χ0) is 16.9. The summed E-state index contributed by atoms with van der Waals surface area (Å²) in [6.07, 6.45) is 2.88. The Morgan fingerprint density at radius 2 is 1.82 bits per heavy atom. The van der Waals surface area contributed by atoms with Gasteiger partial charge in [-0.3, -0.25) is 9.10 Å². The van der Waals surface area contributed by atoms with Crippen LogP contribution in [0, 0.1) is 0 Å². The van der Waals surface area contributed by atoms with Gasteiger partial charge in [0.25, 0.3) is 0 Å². The predicted molar refractivity (Wildman–Crippen MR) is 90.7 cm³/mol. The number of benzene rings is 1. The van der Waals surface area contributed by atoms with Crippen LogP contribution in [0.25, 0.3) is 0 Å². The average molecular weight is 347 g/mol. The van der Waals surface area contributed by atoms with Crippen LogP contribution >= 0.6 is 11.6 Å². The van der Waals surface area contributed by atoms with Crippen LogP contribution in [-0.2, 0) is 14.8 Å². The molecule has 5 nitrogen and oxygen atoms in total. The van der Waals surface area contributed by atoms with Gasteiger partial charge < -0.3 is 5.32 Å². The second kappa shape index (κ2) is 7.83. The van der Waals surface area contributed by atoms with E-state index in [2.05, 4.69) is 5.32 Å². The van der Waals surface area contributed by atoms with E-state index >= 15 is 0 Å². The molecule has 0 aliphatic carbocycles. The van der Waals surface area contributed by atoms with E-state index in [1.807, 2.05) is 13.8 Å². The van der Waals surface area contributed by atoms with Crippen molar-refractivity contribution in [2.45, 2.75) is 45.7 Å². The van der Waals surface area contributed by atoms with Crippen molar-refractivity contribution in [3.8, 4) is 0 Å². The predicted octanol–water partition coefficient (Wildman–Crippen LogP) is 2.80. The molecule has 7 heteroatoms. The molecule has 0 aliphatic rings. The molecule has 1 N–H and O–H groups in total. The molecular weight excluding hydrogens is 324 g/mol. The zero-order valence-electron chi connectivity index (χ0n) is 13.3. The fourth-order valence-corrected chi connectivity index (χ4v) is 3.57. The Morgan fingerprint density at radius 3 is 2.27 bits per heavy atom. The number of anilines is 1. The van der Waals surface area contributed by atoms with E-state index < -0.39 is 16.1 Å². The van der Waals surface area contributed by atoms with E-state index in [4.69, 9.17) is 11.6 Å². The summed E-state index contributed by atoms with van der Waals surface area (Å²) < 4.78 is 25.3. The van der Waals surface area contributed by atoms with Gasteiger partial charge in [0.1, 0.15) is 6.04 Å². The number of halogens is 1. The van der Waals surface area contributed by atoms with E-state index in [-0.39, 0.29) is 11.9 Å². The van der Waals surface area contributed by atoms with E-state index in [0.717, 1.165) is 23.4 Å².